The maximum Gasteiger partial charge on any atom is 0.246 e. The van der Waals surface area contributed by atoms with Crippen LogP contribution in [-0.2, 0) is 6.61 Å². The molecule has 21 heavy (non-hydrogen) atoms. The van der Waals surface area contributed by atoms with E-state index in [1.807, 2.05) is 30.3 Å². The summed E-state index contributed by atoms with van der Waals surface area (Å²) < 4.78 is 11.4. The maximum absolute atomic E-state index is 9.20. The Hall–Kier alpha value is -2.73. The minimum absolute atomic E-state index is 0.224. The molecule has 0 aliphatic heterocycles. The van der Waals surface area contributed by atoms with Crippen LogP contribution in [0.2, 0.25) is 0 Å². The first-order valence-electron chi connectivity index (χ1n) is 6.80. The van der Waals surface area contributed by atoms with E-state index in [0.29, 0.717) is 17.9 Å². The van der Waals surface area contributed by atoms with Crippen molar-refractivity contribution in [1.82, 2.24) is 0 Å². The van der Waals surface area contributed by atoms with Gasteiger partial charge in [0.2, 0.25) is 5.76 Å². The molecule has 3 rings (SSSR count). The molecule has 0 spiro atoms. The van der Waals surface area contributed by atoms with Gasteiger partial charge in [0.05, 0.1) is 5.39 Å². The fraction of sp³-hybridized carbons (Fsp3) is 0.167. The van der Waals surface area contributed by atoms with E-state index in [4.69, 9.17) is 9.15 Å². The van der Waals surface area contributed by atoms with Crippen molar-refractivity contribution in [2.75, 3.05) is 0 Å². The van der Waals surface area contributed by atoms with Crippen LogP contribution in [0.3, 0.4) is 0 Å². The largest absolute Gasteiger partial charge is 0.483 e. The van der Waals surface area contributed by atoms with Crippen LogP contribution < -0.4 is 4.74 Å². The average molecular weight is 277 g/mol. The second-order valence-electron chi connectivity index (χ2n) is 5.03. The van der Waals surface area contributed by atoms with E-state index in [1.54, 1.807) is 0 Å². The third kappa shape index (κ3) is 2.36. The molecule has 3 aromatic rings. The maximum atomic E-state index is 9.20. The van der Waals surface area contributed by atoms with E-state index < -0.39 is 0 Å². The highest BCUT2D eigenvalue weighted by Gasteiger charge is 2.15. The van der Waals surface area contributed by atoms with Crippen LogP contribution in [0.1, 0.15) is 22.5 Å². The number of hydrogen-bond acceptors (Lipinski definition) is 3. The zero-order valence-corrected chi connectivity index (χ0v) is 12.0. The van der Waals surface area contributed by atoms with Gasteiger partial charge in [0, 0.05) is 0 Å². The number of ether oxygens (including phenoxy) is 1. The van der Waals surface area contributed by atoms with Crippen LogP contribution in [0.4, 0.5) is 0 Å². The number of benzene rings is 2. The molecule has 0 aliphatic rings. The molecule has 1 heterocycles. The number of nitriles is 1. The molecule has 3 heteroatoms. The fourth-order valence-electron chi connectivity index (χ4n) is 2.46. The number of rotatable bonds is 3. The predicted octanol–water partition coefficient (Wildman–Crippen LogP) is 4.50. The summed E-state index contributed by atoms with van der Waals surface area (Å²) in [6.45, 7) is 4.55. The van der Waals surface area contributed by atoms with Crippen molar-refractivity contribution in [2.45, 2.75) is 20.5 Å². The van der Waals surface area contributed by atoms with Crippen LogP contribution in [-0.4, -0.2) is 0 Å². The Labute approximate surface area is 123 Å². The van der Waals surface area contributed by atoms with Gasteiger partial charge in [-0.15, -0.1) is 0 Å². The summed E-state index contributed by atoms with van der Waals surface area (Å²) in [4.78, 5) is 0. The Morgan fingerprint density at radius 2 is 1.76 bits per heavy atom. The monoisotopic (exact) mass is 277 g/mol. The number of hydrogen-bond donors (Lipinski definition) is 0. The summed E-state index contributed by atoms with van der Waals surface area (Å²) >= 11 is 0. The van der Waals surface area contributed by atoms with Crippen LogP contribution in [0, 0.1) is 25.2 Å². The van der Waals surface area contributed by atoms with E-state index in [9.17, 15) is 5.26 Å². The highest BCUT2D eigenvalue weighted by Crippen LogP contribution is 2.33. The first-order valence-corrected chi connectivity index (χ1v) is 6.80. The molecule has 0 saturated carbocycles. The molecule has 0 aliphatic carbocycles. The van der Waals surface area contributed by atoms with Gasteiger partial charge in [0.1, 0.15) is 18.3 Å². The number of furan rings is 1. The smallest absolute Gasteiger partial charge is 0.246 e. The Kier molecular flexibility index (Phi) is 3.37. The van der Waals surface area contributed by atoms with Crippen molar-refractivity contribution >= 4 is 11.0 Å². The van der Waals surface area contributed by atoms with Crippen molar-refractivity contribution in [2.24, 2.45) is 0 Å². The summed E-state index contributed by atoms with van der Waals surface area (Å²) in [5.74, 6) is 0.748. The third-order valence-electron chi connectivity index (χ3n) is 3.66. The van der Waals surface area contributed by atoms with Crippen molar-refractivity contribution in [1.29, 1.82) is 5.26 Å². The van der Waals surface area contributed by atoms with Gasteiger partial charge in [0.25, 0.3) is 0 Å². The lowest BCUT2D eigenvalue weighted by atomic mass is 10.0. The molecule has 1 aromatic heterocycles. The van der Waals surface area contributed by atoms with Crippen molar-refractivity contribution in [3.63, 3.8) is 0 Å². The van der Waals surface area contributed by atoms with E-state index in [1.165, 1.54) is 11.1 Å². The number of fused-ring (bicyclic) bond motifs is 1. The molecular formula is C18H15NO2. The van der Waals surface area contributed by atoms with Crippen LogP contribution in [0.15, 0.2) is 46.9 Å². The summed E-state index contributed by atoms with van der Waals surface area (Å²) in [5, 5.41) is 10.0. The molecule has 0 bridgehead atoms. The minimum atomic E-state index is 0.224. The van der Waals surface area contributed by atoms with Gasteiger partial charge < -0.3 is 9.15 Å². The lowest BCUT2D eigenvalue weighted by Crippen LogP contribution is -2.01. The highest BCUT2D eigenvalue weighted by molar-refractivity contribution is 5.86. The van der Waals surface area contributed by atoms with Gasteiger partial charge in [-0.2, -0.15) is 5.26 Å². The quantitative estimate of drug-likeness (QED) is 0.708. The van der Waals surface area contributed by atoms with Crippen molar-refractivity contribution in [3.8, 4) is 11.8 Å². The summed E-state index contributed by atoms with van der Waals surface area (Å²) in [7, 11) is 0. The van der Waals surface area contributed by atoms with E-state index in [2.05, 4.69) is 32.0 Å². The average Bonchev–Trinajstić information content (AvgIpc) is 2.85. The Morgan fingerprint density at radius 1 is 1.05 bits per heavy atom. The Bertz CT molecular complexity index is 820. The zero-order chi connectivity index (χ0) is 14.8. The first kappa shape index (κ1) is 13.3. The van der Waals surface area contributed by atoms with Crippen molar-refractivity contribution in [3.05, 3.63) is 64.9 Å². The number of para-hydroxylation sites is 1. The lowest BCUT2D eigenvalue weighted by Gasteiger charge is -2.10. The molecule has 0 unspecified atom stereocenters. The first-order chi connectivity index (χ1) is 10.2. The Morgan fingerprint density at radius 3 is 2.48 bits per heavy atom. The van der Waals surface area contributed by atoms with Gasteiger partial charge >= 0.3 is 0 Å². The van der Waals surface area contributed by atoms with Gasteiger partial charge in [-0.25, -0.2) is 0 Å². The molecule has 0 saturated heterocycles. The molecule has 0 fully saturated rings. The lowest BCUT2D eigenvalue weighted by molar-refractivity contribution is 0.302. The van der Waals surface area contributed by atoms with Gasteiger partial charge in [-0.3, -0.25) is 0 Å². The normalized spacial score (nSPS) is 10.5. The van der Waals surface area contributed by atoms with E-state index >= 15 is 0 Å². The zero-order valence-electron chi connectivity index (χ0n) is 12.0. The second kappa shape index (κ2) is 5.34. The van der Waals surface area contributed by atoms with E-state index in [0.717, 1.165) is 10.9 Å². The molecule has 104 valence electrons. The van der Waals surface area contributed by atoms with Gasteiger partial charge in [-0.05, 0) is 42.7 Å². The number of nitrogens with zero attached hydrogens (tertiary/aromatic N) is 1. The predicted molar refractivity (Wildman–Crippen MR) is 81.2 cm³/mol. The summed E-state index contributed by atoms with van der Waals surface area (Å²) in [6.07, 6.45) is 0. The van der Waals surface area contributed by atoms with Gasteiger partial charge in [0.15, 0.2) is 5.75 Å². The van der Waals surface area contributed by atoms with Crippen LogP contribution in [0.25, 0.3) is 11.0 Å². The van der Waals surface area contributed by atoms with Crippen molar-refractivity contribution < 1.29 is 9.15 Å². The highest BCUT2D eigenvalue weighted by atomic mass is 16.5. The van der Waals surface area contributed by atoms with Crippen LogP contribution in [0.5, 0.6) is 5.75 Å². The SMILES string of the molecule is Cc1cccc(C)c1COc1c(C#N)oc2ccccc12. The molecule has 0 radical (unpaired) electrons. The molecule has 2 aromatic carbocycles. The molecular weight excluding hydrogens is 262 g/mol. The fourth-order valence-corrected chi connectivity index (χ4v) is 2.46. The van der Waals surface area contributed by atoms with Gasteiger partial charge in [-0.1, -0.05) is 30.3 Å². The van der Waals surface area contributed by atoms with Crippen LogP contribution >= 0.6 is 0 Å². The molecule has 3 nitrogen and oxygen atoms in total. The molecule has 0 amide bonds. The summed E-state index contributed by atoms with van der Waals surface area (Å²) in [5.41, 5.74) is 4.18. The number of aryl methyl sites for hydroxylation is 2. The molecule has 0 atom stereocenters. The third-order valence-corrected chi connectivity index (χ3v) is 3.66. The minimum Gasteiger partial charge on any atom is -0.483 e. The topological polar surface area (TPSA) is 46.2 Å². The standard InChI is InChI=1S/C18H15NO2/c1-12-6-5-7-13(2)15(12)11-20-18-14-8-3-4-9-16(14)21-17(18)10-19/h3-9H,11H2,1-2H3. The van der Waals surface area contributed by atoms with E-state index in [-0.39, 0.29) is 5.76 Å². The summed E-state index contributed by atoms with van der Waals surface area (Å²) in [6, 6.07) is 15.7. The molecule has 0 N–H and O–H groups in total. The Balaban J connectivity index is 1.97. The second-order valence-corrected chi connectivity index (χ2v) is 5.03.